The highest BCUT2D eigenvalue weighted by molar-refractivity contribution is 7.80. The molecule has 1 aromatic heterocycles. The van der Waals surface area contributed by atoms with Crippen molar-refractivity contribution >= 4 is 28.8 Å². The lowest BCUT2D eigenvalue weighted by Crippen LogP contribution is -2.42. The van der Waals surface area contributed by atoms with Crippen LogP contribution in [0.25, 0.3) is 0 Å². The van der Waals surface area contributed by atoms with Gasteiger partial charge in [-0.2, -0.15) is 0 Å². The van der Waals surface area contributed by atoms with E-state index in [1.807, 2.05) is 58.2 Å². The van der Waals surface area contributed by atoms with Crippen molar-refractivity contribution < 1.29 is 0 Å². The highest BCUT2D eigenvalue weighted by atomic mass is 32.1. The van der Waals surface area contributed by atoms with Crippen LogP contribution >= 0.6 is 12.2 Å². The Morgan fingerprint density at radius 3 is 2.38 bits per heavy atom. The third-order valence-electron chi connectivity index (χ3n) is 2.87. The van der Waals surface area contributed by atoms with E-state index in [0.29, 0.717) is 5.11 Å². The minimum Gasteiger partial charge on any atom is -0.331 e. The molecule has 2 aromatic rings. The molecule has 2 rings (SSSR count). The van der Waals surface area contributed by atoms with E-state index in [0.717, 1.165) is 23.0 Å². The molecule has 0 bridgehead atoms. The number of anilines is 2. The van der Waals surface area contributed by atoms with Gasteiger partial charge in [-0.15, -0.1) is 0 Å². The lowest BCUT2D eigenvalue weighted by atomic mass is 10.2. The lowest BCUT2D eigenvalue weighted by Gasteiger charge is -2.22. The summed E-state index contributed by atoms with van der Waals surface area (Å²) in [6, 6.07) is 9.94. The van der Waals surface area contributed by atoms with Crippen molar-refractivity contribution in [2.75, 3.05) is 17.4 Å². The zero-order valence-electron chi connectivity index (χ0n) is 12.6. The van der Waals surface area contributed by atoms with Gasteiger partial charge < -0.3 is 5.32 Å². The molecule has 0 fully saturated rings. The topological polar surface area (TPSA) is 53.1 Å². The number of benzene rings is 1. The van der Waals surface area contributed by atoms with Gasteiger partial charge >= 0.3 is 0 Å². The quantitative estimate of drug-likeness (QED) is 0.671. The molecule has 0 aliphatic rings. The fraction of sp³-hybridized carbons (Fsp3) is 0.267. The summed E-state index contributed by atoms with van der Waals surface area (Å²) in [5.74, 6) is 1.50. The molecule has 0 saturated heterocycles. The number of hydrogen-bond donors (Lipinski definition) is 2. The molecule has 0 amide bonds. The van der Waals surface area contributed by atoms with Gasteiger partial charge in [0, 0.05) is 24.5 Å². The number of nitrogens with one attached hydrogen (secondary N) is 2. The lowest BCUT2D eigenvalue weighted by molar-refractivity contribution is 0.844. The molecule has 0 aliphatic heterocycles. The molecule has 5 nitrogen and oxygen atoms in total. The van der Waals surface area contributed by atoms with Gasteiger partial charge in [0.1, 0.15) is 5.82 Å². The molecule has 110 valence electrons. The Morgan fingerprint density at radius 1 is 1.10 bits per heavy atom. The highest BCUT2D eigenvalue weighted by Crippen LogP contribution is 2.10. The van der Waals surface area contributed by atoms with E-state index in [2.05, 4.69) is 20.7 Å². The van der Waals surface area contributed by atoms with Gasteiger partial charge in [0.25, 0.3) is 0 Å². The molecule has 0 radical (unpaired) electrons. The second-order valence-corrected chi connectivity index (χ2v) is 5.31. The summed E-state index contributed by atoms with van der Waals surface area (Å²) in [5, 5.41) is 5.41. The van der Waals surface area contributed by atoms with Gasteiger partial charge in [-0.05, 0) is 45.1 Å². The van der Waals surface area contributed by atoms with Gasteiger partial charge in [-0.25, -0.2) is 9.97 Å². The normalized spacial score (nSPS) is 10.1. The van der Waals surface area contributed by atoms with Crippen molar-refractivity contribution in [3.63, 3.8) is 0 Å². The Bertz CT molecular complexity index is 619. The third kappa shape index (κ3) is 4.39. The summed E-state index contributed by atoms with van der Waals surface area (Å²) in [6.45, 7) is 5.86. The Balaban J connectivity index is 2.00. The summed E-state index contributed by atoms with van der Waals surface area (Å²) in [7, 11) is 1.87. The predicted octanol–water partition coefficient (Wildman–Crippen LogP) is 2.74. The summed E-state index contributed by atoms with van der Waals surface area (Å²) in [4.78, 5) is 8.63. The number of aromatic nitrogens is 2. The van der Waals surface area contributed by atoms with E-state index in [1.165, 1.54) is 5.56 Å². The number of hydrazine groups is 1. The van der Waals surface area contributed by atoms with Gasteiger partial charge in [0.15, 0.2) is 10.9 Å². The van der Waals surface area contributed by atoms with Crippen molar-refractivity contribution in [3.05, 3.63) is 47.4 Å². The Morgan fingerprint density at radius 2 is 1.76 bits per heavy atom. The molecule has 1 aromatic carbocycles. The summed E-state index contributed by atoms with van der Waals surface area (Å²) in [5.41, 5.74) is 6.15. The van der Waals surface area contributed by atoms with Crippen molar-refractivity contribution in [2.24, 2.45) is 0 Å². The van der Waals surface area contributed by atoms with Crippen LogP contribution in [-0.2, 0) is 0 Å². The van der Waals surface area contributed by atoms with Gasteiger partial charge in [-0.1, -0.05) is 17.7 Å². The smallest absolute Gasteiger partial charge is 0.189 e. The molecular weight excluding hydrogens is 282 g/mol. The fourth-order valence-corrected chi connectivity index (χ4v) is 2.13. The molecule has 0 unspecified atom stereocenters. The SMILES string of the molecule is Cc1ccc(NC(=S)NN(C)c2cc(C)nc(C)n2)cc1. The van der Waals surface area contributed by atoms with Crippen molar-refractivity contribution in [2.45, 2.75) is 20.8 Å². The van der Waals surface area contributed by atoms with Crippen molar-refractivity contribution in [1.29, 1.82) is 0 Å². The van der Waals surface area contributed by atoms with Crippen LogP contribution in [0, 0.1) is 20.8 Å². The van der Waals surface area contributed by atoms with E-state index in [4.69, 9.17) is 12.2 Å². The van der Waals surface area contributed by atoms with E-state index in [-0.39, 0.29) is 0 Å². The van der Waals surface area contributed by atoms with Crippen LogP contribution in [0.2, 0.25) is 0 Å². The molecule has 0 spiro atoms. The van der Waals surface area contributed by atoms with Crippen LogP contribution in [-0.4, -0.2) is 22.1 Å². The van der Waals surface area contributed by atoms with Gasteiger partial charge in [0.05, 0.1) is 0 Å². The van der Waals surface area contributed by atoms with E-state index < -0.39 is 0 Å². The van der Waals surface area contributed by atoms with Crippen LogP contribution in [0.4, 0.5) is 11.5 Å². The van der Waals surface area contributed by atoms with Gasteiger partial charge in [0.2, 0.25) is 0 Å². The van der Waals surface area contributed by atoms with Crippen LogP contribution in [0.5, 0.6) is 0 Å². The molecule has 2 N–H and O–H groups in total. The maximum atomic E-state index is 5.30. The molecular formula is C15H19N5S. The molecule has 0 atom stereocenters. The summed E-state index contributed by atoms with van der Waals surface area (Å²) in [6.07, 6.45) is 0. The number of rotatable bonds is 3. The minimum atomic E-state index is 0.510. The van der Waals surface area contributed by atoms with Crippen LogP contribution in [0.1, 0.15) is 17.1 Å². The van der Waals surface area contributed by atoms with E-state index >= 15 is 0 Å². The molecule has 0 saturated carbocycles. The average molecular weight is 301 g/mol. The Kier molecular flexibility index (Phi) is 4.70. The van der Waals surface area contributed by atoms with Crippen LogP contribution < -0.4 is 15.8 Å². The fourth-order valence-electron chi connectivity index (χ4n) is 1.87. The van der Waals surface area contributed by atoms with Crippen molar-refractivity contribution in [3.8, 4) is 0 Å². The first kappa shape index (κ1) is 15.2. The first-order valence-corrected chi connectivity index (χ1v) is 7.05. The summed E-state index contributed by atoms with van der Waals surface area (Å²) >= 11 is 5.30. The predicted molar refractivity (Wildman–Crippen MR) is 90.4 cm³/mol. The van der Waals surface area contributed by atoms with Gasteiger partial charge in [-0.3, -0.25) is 10.4 Å². The molecule has 0 aliphatic carbocycles. The Hall–Kier alpha value is -2.21. The summed E-state index contributed by atoms with van der Waals surface area (Å²) < 4.78 is 0. The molecule has 21 heavy (non-hydrogen) atoms. The zero-order valence-corrected chi connectivity index (χ0v) is 13.5. The number of aryl methyl sites for hydroxylation is 3. The molecule has 1 heterocycles. The highest BCUT2D eigenvalue weighted by Gasteiger charge is 2.06. The van der Waals surface area contributed by atoms with E-state index in [1.54, 1.807) is 5.01 Å². The molecule has 6 heteroatoms. The second kappa shape index (κ2) is 6.49. The first-order valence-electron chi connectivity index (χ1n) is 6.64. The third-order valence-corrected chi connectivity index (χ3v) is 3.07. The van der Waals surface area contributed by atoms with Crippen LogP contribution in [0.3, 0.4) is 0 Å². The monoisotopic (exact) mass is 301 g/mol. The standard InChI is InChI=1S/C15H19N5S/c1-10-5-7-13(8-6-10)18-15(21)19-20(4)14-9-11(2)16-12(3)17-14/h5-9H,1-4H3,(H2,18,19,21). The van der Waals surface area contributed by atoms with E-state index in [9.17, 15) is 0 Å². The number of thiocarbonyl (C=S) groups is 1. The Labute approximate surface area is 130 Å². The number of hydrogen-bond acceptors (Lipinski definition) is 4. The maximum Gasteiger partial charge on any atom is 0.189 e. The first-order chi connectivity index (χ1) is 9.94. The minimum absolute atomic E-state index is 0.510. The largest absolute Gasteiger partial charge is 0.331 e. The average Bonchev–Trinajstić information content (AvgIpc) is 2.40. The van der Waals surface area contributed by atoms with Crippen molar-refractivity contribution in [1.82, 2.24) is 15.4 Å². The second-order valence-electron chi connectivity index (χ2n) is 4.91. The van der Waals surface area contributed by atoms with Crippen LogP contribution in [0.15, 0.2) is 30.3 Å². The number of nitrogens with zero attached hydrogens (tertiary/aromatic N) is 3. The zero-order chi connectivity index (χ0) is 15.4. The maximum absolute atomic E-state index is 5.30.